The smallest absolute Gasteiger partial charge is 0.257 e. The van der Waals surface area contributed by atoms with Gasteiger partial charge in [-0.05, 0) is 57.6 Å². The number of amides is 1. The Morgan fingerprint density at radius 2 is 1.77 bits per heavy atom. The first-order valence-corrected chi connectivity index (χ1v) is 10.9. The van der Waals surface area contributed by atoms with E-state index in [1.54, 1.807) is 0 Å². The van der Waals surface area contributed by atoms with Gasteiger partial charge < -0.3 is 14.8 Å². The van der Waals surface area contributed by atoms with Crippen molar-refractivity contribution in [1.29, 1.82) is 0 Å². The molecule has 30 heavy (non-hydrogen) atoms. The monoisotopic (exact) mass is 407 g/mol. The van der Waals surface area contributed by atoms with E-state index in [1.807, 2.05) is 52.8 Å². The third kappa shape index (κ3) is 5.00. The van der Waals surface area contributed by atoms with Gasteiger partial charge in [0.05, 0.1) is 11.4 Å². The second-order valence-electron chi connectivity index (χ2n) is 7.67. The number of benzene rings is 1. The number of nitrogens with one attached hydrogen (secondary N) is 1. The van der Waals surface area contributed by atoms with Gasteiger partial charge in [0, 0.05) is 25.5 Å². The zero-order chi connectivity index (χ0) is 21.5. The summed E-state index contributed by atoms with van der Waals surface area (Å²) >= 11 is 0. The molecule has 3 rings (SSSR count). The van der Waals surface area contributed by atoms with Crippen molar-refractivity contribution in [3.63, 3.8) is 0 Å². The van der Waals surface area contributed by atoms with Gasteiger partial charge in [-0.1, -0.05) is 38.0 Å². The average molecular weight is 408 g/mol. The topological polar surface area (TPSA) is 55.1 Å². The predicted octanol–water partition coefficient (Wildman–Crippen LogP) is 4.13. The van der Waals surface area contributed by atoms with Crippen LogP contribution in [-0.4, -0.2) is 51.3 Å². The lowest BCUT2D eigenvalue weighted by Gasteiger charge is -2.20. The number of hydrogen-bond donors (Lipinski definition) is 1. The van der Waals surface area contributed by atoms with E-state index < -0.39 is 0 Å². The van der Waals surface area contributed by atoms with Gasteiger partial charge in [-0.3, -0.25) is 4.79 Å². The quantitative estimate of drug-likeness (QED) is 0.550. The van der Waals surface area contributed by atoms with E-state index in [2.05, 4.69) is 43.1 Å². The van der Waals surface area contributed by atoms with Crippen LogP contribution in [0.4, 0.5) is 0 Å². The summed E-state index contributed by atoms with van der Waals surface area (Å²) in [6.45, 7) is 11.9. The van der Waals surface area contributed by atoms with Crippen LogP contribution in [0.1, 0.15) is 48.3 Å². The first kappa shape index (κ1) is 21.8. The van der Waals surface area contributed by atoms with Gasteiger partial charge in [-0.2, -0.15) is 5.10 Å². The number of carbonyl (C=O) groups excluding carboxylic acids is 1. The number of hydrogen-bond acceptors (Lipinski definition) is 3. The molecule has 2 aromatic heterocycles. The van der Waals surface area contributed by atoms with Crippen LogP contribution in [-0.2, 0) is 0 Å². The Bertz CT molecular complexity index is 941. The number of unbranched alkanes of at least 4 members (excludes halogenated alkanes) is 1. The van der Waals surface area contributed by atoms with E-state index in [-0.39, 0.29) is 5.91 Å². The van der Waals surface area contributed by atoms with Crippen LogP contribution in [0.15, 0.2) is 48.8 Å². The Morgan fingerprint density at radius 1 is 1.07 bits per heavy atom. The molecule has 1 N–H and O–H groups in total. The molecule has 2 heterocycles. The van der Waals surface area contributed by atoms with Gasteiger partial charge in [0.1, 0.15) is 5.56 Å². The van der Waals surface area contributed by atoms with Crippen LogP contribution in [0, 0.1) is 13.8 Å². The summed E-state index contributed by atoms with van der Waals surface area (Å²) in [5.41, 5.74) is 3.45. The largest absolute Gasteiger partial charge is 0.351 e. The Kier molecular flexibility index (Phi) is 7.46. The molecule has 0 unspecified atom stereocenters. The average Bonchev–Trinajstić information content (AvgIpc) is 3.38. The summed E-state index contributed by atoms with van der Waals surface area (Å²) in [6, 6.07) is 12.1. The summed E-state index contributed by atoms with van der Waals surface area (Å²) in [7, 11) is 0. The van der Waals surface area contributed by atoms with Crippen molar-refractivity contribution in [1.82, 2.24) is 24.6 Å². The molecule has 0 fully saturated rings. The summed E-state index contributed by atoms with van der Waals surface area (Å²) in [5.74, 6) is 0.679. The molecule has 6 nitrogen and oxygen atoms in total. The fourth-order valence-corrected chi connectivity index (χ4v) is 3.59. The van der Waals surface area contributed by atoms with Crippen LogP contribution in [0.2, 0.25) is 0 Å². The SMILES string of the molecule is CCCCN(CC)CCNC(=O)c1c(C)nn(-c2ccc(C)cc2)c1-n1cccc1. The highest BCUT2D eigenvalue weighted by atomic mass is 16.1. The molecule has 0 aliphatic carbocycles. The van der Waals surface area contributed by atoms with E-state index in [4.69, 9.17) is 5.10 Å². The second kappa shape index (κ2) is 10.3. The minimum Gasteiger partial charge on any atom is -0.351 e. The first-order chi connectivity index (χ1) is 14.5. The van der Waals surface area contributed by atoms with Crippen molar-refractivity contribution in [3.8, 4) is 11.5 Å². The van der Waals surface area contributed by atoms with E-state index in [1.165, 1.54) is 18.4 Å². The van der Waals surface area contributed by atoms with Crippen molar-refractivity contribution in [2.45, 2.75) is 40.5 Å². The number of aromatic nitrogens is 3. The number of nitrogens with zero attached hydrogens (tertiary/aromatic N) is 4. The Labute approximate surface area is 179 Å². The molecule has 1 aromatic carbocycles. The molecule has 6 heteroatoms. The maximum absolute atomic E-state index is 13.2. The molecular weight excluding hydrogens is 374 g/mol. The summed E-state index contributed by atoms with van der Waals surface area (Å²) in [5, 5.41) is 7.82. The molecule has 0 spiro atoms. The molecule has 0 radical (unpaired) electrons. The minimum absolute atomic E-state index is 0.0823. The van der Waals surface area contributed by atoms with Crippen molar-refractivity contribution < 1.29 is 4.79 Å². The first-order valence-electron chi connectivity index (χ1n) is 10.9. The fourth-order valence-electron chi connectivity index (χ4n) is 3.59. The molecule has 0 saturated heterocycles. The molecular formula is C24H33N5O. The lowest BCUT2D eigenvalue weighted by Crippen LogP contribution is -2.35. The highest BCUT2D eigenvalue weighted by molar-refractivity contribution is 5.98. The van der Waals surface area contributed by atoms with Gasteiger partial charge in [0.25, 0.3) is 5.91 Å². The zero-order valence-electron chi connectivity index (χ0n) is 18.6. The summed E-state index contributed by atoms with van der Waals surface area (Å²) in [6.07, 6.45) is 6.26. The van der Waals surface area contributed by atoms with Crippen molar-refractivity contribution >= 4 is 5.91 Å². The third-order valence-electron chi connectivity index (χ3n) is 5.38. The third-order valence-corrected chi connectivity index (χ3v) is 5.38. The van der Waals surface area contributed by atoms with E-state index >= 15 is 0 Å². The van der Waals surface area contributed by atoms with Gasteiger partial charge in [-0.25, -0.2) is 4.68 Å². The predicted molar refractivity (Wildman–Crippen MR) is 122 cm³/mol. The Hall–Kier alpha value is -2.86. The molecule has 0 aliphatic heterocycles. The minimum atomic E-state index is -0.0823. The summed E-state index contributed by atoms with van der Waals surface area (Å²) in [4.78, 5) is 15.5. The van der Waals surface area contributed by atoms with Crippen LogP contribution >= 0.6 is 0 Å². The molecule has 3 aromatic rings. The highest BCUT2D eigenvalue weighted by Gasteiger charge is 2.23. The van der Waals surface area contributed by atoms with Crippen molar-refractivity contribution in [3.05, 3.63) is 65.6 Å². The lowest BCUT2D eigenvalue weighted by molar-refractivity contribution is 0.0948. The summed E-state index contributed by atoms with van der Waals surface area (Å²) < 4.78 is 3.80. The van der Waals surface area contributed by atoms with E-state index in [0.29, 0.717) is 12.1 Å². The van der Waals surface area contributed by atoms with Gasteiger partial charge in [0.15, 0.2) is 5.82 Å². The van der Waals surface area contributed by atoms with Gasteiger partial charge >= 0.3 is 0 Å². The maximum atomic E-state index is 13.2. The Morgan fingerprint density at radius 3 is 2.40 bits per heavy atom. The molecule has 0 bridgehead atoms. The van der Waals surface area contributed by atoms with Crippen molar-refractivity contribution in [2.75, 3.05) is 26.2 Å². The number of carbonyl (C=O) groups is 1. The normalized spacial score (nSPS) is 11.2. The standard InChI is InChI=1S/C24H33N5O/c1-5-7-15-27(6-2)18-14-25-23(30)22-20(4)26-29(21-12-10-19(3)11-13-21)24(22)28-16-8-9-17-28/h8-13,16-17H,5-7,14-15,18H2,1-4H3,(H,25,30). The van der Waals surface area contributed by atoms with Gasteiger partial charge in [0.2, 0.25) is 0 Å². The Balaban J connectivity index is 1.85. The van der Waals surface area contributed by atoms with Crippen LogP contribution in [0.3, 0.4) is 0 Å². The van der Waals surface area contributed by atoms with E-state index in [0.717, 1.165) is 36.8 Å². The van der Waals surface area contributed by atoms with Crippen LogP contribution in [0.25, 0.3) is 11.5 Å². The molecule has 160 valence electrons. The van der Waals surface area contributed by atoms with Crippen molar-refractivity contribution in [2.24, 2.45) is 0 Å². The second-order valence-corrected chi connectivity index (χ2v) is 7.67. The number of aryl methyl sites for hydroxylation is 2. The number of likely N-dealkylation sites (N-methyl/N-ethyl adjacent to an activating group) is 1. The van der Waals surface area contributed by atoms with Crippen LogP contribution < -0.4 is 5.32 Å². The molecule has 0 atom stereocenters. The molecule has 1 amide bonds. The maximum Gasteiger partial charge on any atom is 0.257 e. The van der Waals surface area contributed by atoms with Crippen LogP contribution in [0.5, 0.6) is 0 Å². The number of rotatable bonds is 10. The molecule has 0 saturated carbocycles. The zero-order valence-corrected chi connectivity index (χ0v) is 18.6. The van der Waals surface area contributed by atoms with E-state index in [9.17, 15) is 4.79 Å². The van der Waals surface area contributed by atoms with Gasteiger partial charge in [-0.15, -0.1) is 0 Å². The lowest BCUT2D eigenvalue weighted by atomic mass is 10.2. The highest BCUT2D eigenvalue weighted by Crippen LogP contribution is 2.23. The molecule has 0 aliphatic rings. The fraction of sp³-hybridized carbons (Fsp3) is 0.417.